The van der Waals surface area contributed by atoms with Gasteiger partial charge in [-0.15, -0.1) is 0 Å². The van der Waals surface area contributed by atoms with Gasteiger partial charge in [0, 0.05) is 13.1 Å². The largest absolute Gasteiger partial charge is 0.445 e. The highest BCUT2D eigenvalue weighted by atomic mass is 16.6. The van der Waals surface area contributed by atoms with Crippen molar-refractivity contribution in [3.8, 4) is 0 Å². The summed E-state index contributed by atoms with van der Waals surface area (Å²) >= 11 is 0. The van der Waals surface area contributed by atoms with Crippen LogP contribution in [0.25, 0.3) is 0 Å². The van der Waals surface area contributed by atoms with Crippen LogP contribution >= 0.6 is 0 Å². The van der Waals surface area contributed by atoms with Crippen LogP contribution in [0, 0.1) is 11.8 Å². The number of hydrogen-bond acceptors (Lipinski definition) is 2. The zero-order valence-electron chi connectivity index (χ0n) is 11.8. The molecule has 1 atom stereocenters. The van der Waals surface area contributed by atoms with Gasteiger partial charge < -0.3 is 9.64 Å². The Labute approximate surface area is 115 Å². The van der Waals surface area contributed by atoms with Crippen LogP contribution in [0.3, 0.4) is 0 Å². The molecule has 1 heterocycles. The van der Waals surface area contributed by atoms with E-state index in [1.165, 1.54) is 6.42 Å². The van der Waals surface area contributed by atoms with Crippen LogP contribution in [0.4, 0.5) is 4.79 Å². The van der Waals surface area contributed by atoms with E-state index in [1.54, 1.807) is 0 Å². The number of hydrogen-bond donors (Lipinski definition) is 0. The third-order valence-electron chi connectivity index (χ3n) is 3.55. The van der Waals surface area contributed by atoms with Gasteiger partial charge in [0.05, 0.1) is 0 Å². The van der Waals surface area contributed by atoms with Gasteiger partial charge in [-0.25, -0.2) is 4.79 Å². The highest BCUT2D eigenvalue weighted by Crippen LogP contribution is 2.23. The van der Waals surface area contributed by atoms with Gasteiger partial charge in [-0.2, -0.15) is 0 Å². The van der Waals surface area contributed by atoms with Crippen molar-refractivity contribution in [1.82, 2.24) is 4.90 Å². The van der Waals surface area contributed by atoms with Crippen molar-refractivity contribution in [2.75, 3.05) is 13.1 Å². The molecule has 0 aromatic heterocycles. The van der Waals surface area contributed by atoms with E-state index in [0.29, 0.717) is 18.4 Å². The molecule has 1 aliphatic rings. The number of nitrogens with zero attached hydrogens (tertiary/aromatic N) is 1. The van der Waals surface area contributed by atoms with E-state index < -0.39 is 0 Å². The second kappa shape index (κ2) is 6.60. The standard InChI is InChI=1S/C16H23NO2/c1-13(2)10-15-8-9-17(11-15)16(18)19-12-14-6-4-3-5-7-14/h3-7,13,15H,8-12H2,1-2H3. The van der Waals surface area contributed by atoms with Gasteiger partial charge >= 0.3 is 6.09 Å². The molecule has 1 aromatic rings. The molecule has 1 fully saturated rings. The Kier molecular flexibility index (Phi) is 4.83. The number of carbonyl (C=O) groups excluding carboxylic acids is 1. The zero-order valence-corrected chi connectivity index (χ0v) is 11.8. The van der Waals surface area contributed by atoms with Crippen molar-refractivity contribution in [1.29, 1.82) is 0 Å². The molecule has 0 bridgehead atoms. The summed E-state index contributed by atoms with van der Waals surface area (Å²) in [5, 5.41) is 0. The predicted molar refractivity (Wildman–Crippen MR) is 75.8 cm³/mol. The SMILES string of the molecule is CC(C)CC1CCN(C(=O)OCc2ccccc2)C1. The number of ether oxygens (including phenoxy) is 1. The monoisotopic (exact) mass is 261 g/mol. The molecule has 3 heteroatoms. The molecule has 2 rings (SSSR count). The summed E-state index contributed by atoms with van der Waals surface area (Å²) < 4.78 is 5.35. The summed E-state index contributed by atoms with van der Waals surface area (Å²) in [6.45, 7) is 6.52. The Morgan fingerprint density at radius 2 is 2.11 bits per heavy atom. The predicted octanol–water partition coefficient (Wildman–Crippen LogP) is 3.69. The zero-order chi connectivity index (χ0) is 13.7. The van der Waals surface area contributed by atoms with Crippen LogP contribution in [0.15, 0.2) is 30.3 Å². The number of benzene rings is 1. The summed E-state index contributed by atoms with van der Waals surface area (Å²) in [7, 11) is 0. The average Bonchev–Trinajstić information content (AvgIpc) is 2.85. The molecule has 0 spiro atoms. The molecule has 19 heavy (non-hydrogen) atoms. The molecular formula is C16H23NO2. The van der Waals surface area contributed by atoms with E-state index in [2.05, 4.69) is 13.8 Å². The van der Waals surface area contributed by atoms with Crippen LogP contribution in [0.5, 0.6) is 0 Å². The van der Waals surface area contributed by atoms with Crippen LogP contribution in [-0.2, 0) is 11.3 Å². The number of likely N-dealkylation sites (tertiary alicyclic amines) is 1. The molecule has 104 valence electrons. The minimum absolute atomic E-state index is 0.171. The van der Waals surface area contributed by atoms with Gasteiger partial charge in [0.2, 0.25) is 0 Å². The van der Waals surface area contributed by atoms with E-state index >= 15 is 0 Å². The van der Waals surface area contributed by atoms with Gasteiger partial charge in [0.25, 0.3) is 0 Å². The van der Waals surface area contributed by atoms with E-state index in [9.17, 15) is 4.79 Å². The van der Waals surface area contributed by atoms with Crippen molar-refractivity contribution < 1.29 is 9.53 Å². The first-order chi connectivity index (χ1) is 9.15. The van der Waals surface area contributed by atoms with Gasteiger partial charge in [0.15, 0.2) is 0 Å². The highest BCUT2D eigenvalue weighted by molar-refractivity contribution is 5.68. The lowest BCUT2D eigenvalue weighted by atomic mass is 9.97. The fourth-order valence-electron chi connectivity index (χ4n) is 2.67. The fourth-order valence-corrected chi connectivity index (χ4v) is 2.67. The van der Waals surface area contributed by atoms with Gasteiger partial charge in [-0.1, -0.05) is 44.2 Å². The molecule has 3 nitrogen and oxygen atoms in total. The Morgan fingerprint density at radius 1 is 1.37 bits per heavy atom. The summed E-state index contributed by atoms with van der Waals surface area (Å²) in [6.07, 6.45) is 2.14. The topological polar surface area (TPSA) is 29.5 Å². The number of amides is 1. The quantitative estimate of drug-likeness (QED) is 0.827. The van der Waals surface area contributed by atoms with Crippen molar-refractivity contribution in [3.05, 3.63) is 35.9 Å². The molecule has 0 saturated carbocycles. The highest BCUT2D eigenvalue weighted by Gasteiger charge is 2.27. The normalized spacial score (nSPS) is 18.9. The van der Waals surface area contributed by atoms with E-state index in [4.69, 9.17) is 4.74 Å². The van der Waals surface area contributed by atoms with Crippen molar-refractivity contribution in [3.63, 3.8) is 0 Å². The molecule has 1 unspecified atom stereocenters. The third-order valence-corrected chi connectivity index (χ3v) is 3.55. The van der Waals surface area contributed by atoms with E-state index in [1.807, 2.05) is 35.2 Å². The average molecular weight is 261 g/mol. The van der Waals surface area contributed by atoms with Crippen molar-refractivity contribution >= 4 is 6.09 Å². The van der Waals surface area contributed by atoms with Gasteiger partial charge in [-0.3, -0.25) is 0 Å². The van der Waals surface area contributed by atoms with Crippen LogP contribution in [0.1, 0.15) is 32.3 Å². The lowest BCUT2D eigenvalue weighted by molar-refractivity contribution is 0.103. The number of carbonyl (C=O) groups is 1. The molecule has 1 aromatic carbocycles. The number of rotatable bonds is 4. The third kappa shape index (κ3) is 4.27. The summed E-state index contributed by atoms with van der Waals surface area (Å²) in [5.74, 6) is 1.34. The second-order valence-corrected chi connectivity index (χ2v) is 5.77. The summed E-state index contributed by atoms with van der Waals surface area (Å²) in [6, 6.07) is 9.81. The first-order valence-corrected chi connectivity index (χ1v) is 7.10. The maximum atomic E-state index is 12.0. The summed E-state index contributed by atoms with van der Waals surface area (Å²) in [5.41, 5.74) is 1.04. The Morgan fingerprint density at radius 3 is 2.79 bits per heavy atom. The van der Waals surface area contributed by atoms with Crippen molar-refractivity contribution in [2.24, 2.45) is 11.8 Å². The van der Waals surface area contributed by atoms with Gasteiger partial charge in [0.1, 0.15) is 6.61 Å². The van der Waals surface area contributed by atoms with Crippen molar-refractivity contribution in [2.45, 2.75) is 33.3 Å². The minimum Gasteiger partial charge on any atom is -0.445 e. The van der Waals surface area contributed by atoms with Crippen LogP contribution in [0.2, 0.25) is 0 Å². The summed E-state index contributed by atoms with van der Waals surface area (Å²) in [4.78, 5) is 13.8. The molecule has 1 aliphatic heterocycles. The lowest BCUT2D eigenvalue weighted by Crippen LogP contribution is -2.29. The van der Waals surface area contributed by atoms with Crippen LogP contribution in [-0.4, -0.2) is 24.1 Å². The van der Waals surface area contributed by atoms with Crippen LogP contribution < -0.4 is 0 Å². The molecular weight excluding hydrogens is 238 g/mol. The fraction of sp³-hybridized carbons (Fsp3) is 0.562. The smallest absolute Gasteiger partial charge is 0.410 e. The molecule has 1 amide bonds. The van der Waals surface area contributed by atoms with Gasteiger partial charge in [-0.05, 0) is 30.2 Å². The molecule has 0 N–H and O–H groups in total. The second-order valence-electron chi connectivity index (χ2n) is 5.77. The maximum Gasteiger partial charge on any atom is 0.410 e. The minimum atomic E-state index is -0.171. The maximum absolute atomic E-state index is 12.0. The van der Waals surface area contributed by atoms with E-state index in [0.717, 1.165) is 25.1 Å². The molecule has 0 aliphatic carbocycles. The first-order valence-electron chi connectivity index (χ1n) is 7.10. The van der Waals surface area contributed by atoms with E-state index in [-0.39, 0.29) is 6.09 Å². The Balaban J connectivity index is 1.75. The first kappa shape index (κ1) is 13.9. The Bertz CT molecular complexity index is 402. The lowest BCUT2D eigenvalue weighted by Gasteiger charge is -2.17. The molecule has 0 radical (unpaired) electrons. The Hall–Kier alpha value is -1.51. The molecule has 1 saturated heterocycles.